The Morgan fingerprint density at radius 2 is 2.19 bits per heavy atom. The third-order valence-corrected chi connectivity index (χ3v) is 3.33. The van der Waals surface area contributed by atoms with Crippen molar-refractivity contribution in [3.8, 4) is 0 Å². The van der Waals surface area contributed by atoms with Crippen molar-refractivity contribution in [1.29, 1.82) is 0 Å². The summed E-state index contributed by atoms with van der Waals surface area (Å²) in [5.74, 6) is 0. The SMILES string of the molecule is C=C[C@@H](c1ccc(Br)nc1)N1CCNCC1. The fourth-order valence-electron chi connectivity index (χ4n) is 2.02. The molecule has 1 fully saturated rings. The smallest absolute Gasteiger partial charge is 0.106 e. The van der Waals surface area contributed by atoms with Crippen molar-refractivity contribution in [3.63, 3.8) is 0 Å². The summed E-state index contributed by atoms with van der Waals surface area (Å²) in [6, 6.07) is 4.36. The largest absolute Gasteiger partial charge is 0.314 e. The molecule has 0 spiro atoms. The molecule has 4 heteroatoms. The minimum Gasteiger partial charge on any atom is -0.314 e. The van der Waals surface area contributed by atoms with E-state index in [1.807, 2.05) is 18.3 Å². The normalized spacial score (nSPS) is 19.3. The molecule has 0 saturated carbocycles. The molecule has 1 N–H and O–H groups in total. The highest BCUT2D eigenvalue weighted by Gasteiger charge is 2.19. The number of nitrogens with zero attached hydrogens (tertiary/aromatic N) is 2. The molecule has 1 aliphatic rings. The Balaban J connectivity index is 2.14. The van der Waals surface area contributed by atoms with Crippen LogP contribution < -0.4 is 5.32 Å². The van der Waals surface area contributed by atoms with Crippen LogP contribution in [-0.2, 0) is 0 Å². The summed E-state index contributed by atoms with van der Waals surface area (Å²) in [6.45, 7) is 8.16. The van der Waals surface area contributed by atoms with Crippen LogP contribution in [0.15, 0.2) is 35.6 Å². The van der Waals surface area contributed by atoms with Crippen molar-refractivity contribution >= 4 is 15.9 Å². The number of rotatable bonds is 3. The van der Waals surface area contributed by atoms with Gasteiger partial charge in [-0.25, -0.2) is 4.98 Å². The maximum Gasteiger partial charge on any atom is 0.106 e. The van der Waals surface area contributed by atoms with Gasteiger partial charge >= 0.3 is 0 Å². The zero-order valence-electron chi connectivity index (χ0n) is 9.19. The minimum absolute atomic E-state index is 0.280. The average molecular weight is 282 g/mol. The quantitative estimate of drug-likeness (QED) is 0.678. The highest BCUT2D eigenvalue weighted by Crippen LogP contribution is 2.22. The molecule has 2 rings (SSSR count). The summed E-state index contributed by atoms with van der Waals surface area (Å²) < 4.78 is 0.874. The maximum atomic E-state index is 4.27. The third-order valence-electron chi connectivity index (χ3n) is 2.86. The first-order chi connectivity index (χ1) is 7.81. The molecule has 0 amide bonds. The maximum absolute atomic E-state index is 4.27. The molecule has 0 radical (unpaired) electrons. The number of pyridine rings is 1. The lowest BCUT2D eigenvalue weighted by molar-refractivity contribution is 0.203. The van der Waals surface area contributed by atoms with Crippen LogP contribution in [0.3, 0.4) is 0 Å². The van der Waals surface area contributed by atoms with Gasteiger partial charge in [-0.05, 0) is 27.6 Å². The second-order valence-electron chi connectivity index (χ2n) is 3.88. The van der Waals surface area contributed by atoms with E-state index in [-0.39, 0.29) is 6.04 Å². The van der Waals surface area contributed by atoms with Gasteiger partial charge < -0.3 is 5.32 Å². The summed E-state index contributed by atoms with van der Waals surface area (Å²) in [5.41, 5.74) is 1.21. The van der Waals surface area contributed by atoms with Gasteiger partial charge in [0.25, 0.3) is 0 Å². The molecular weight excluding hydrogens is 266 g/mol. The summed E-state index contributed by atoms with van der Waals surface area (Å²) in [6.07, 6.45) is 3.91. The molecule has 16 heavy (non-hydrogen) atoms. The van der Waals surface area contributed by atoms with Gasteiger partial charge in [-0.2, -0.15) is 0 Å². The van der Waals surface area contributed by atoms with E-state index >= 15 is 0 Å². The lowest BCUT2D eigenvalue weighted by atomic mass is 10.1. The van der Waals surface area contributed by atoms with Gasteiger partial charge in [0.2, 0.25) is 0 Å². The van der Waals surface area contributed by atoms with Gasteiger partial charge in [-0.15, -0.1) is 6.58 Å². The van der Waals surface area contributed by atoms with Crippen molar-refractivity contribution in [2.75, 3.05) is 26.2 Å². The van der Waals surface area contributed by atoms with Crippen LogP contribution in [0.2, 0.25) is 0 Å². The topological polar surface area (TPSA) is 28.2 Å². The van der Waals surface area contributed by atoms with Crippen LogP contribution in [0.25, 0.3) is 0 Å². The zero-order valence-corrected chi connectivity index (χ0v) is 10.8. The van der Waals surface area contributed by atoms with Crippen LogP contribution in [0.5, 0.6) is 0 Å². The van der Waals surface area contributed by atoms with E-state index in [9.17, 15) is 0 Å². The van der Waals surface area contributed by atoms with Crippen molar-refractivity contribution < 1.29 is 0 Å². The molecule has 1 atom stereocenters. The zero-order chi connectivity index (χ0) is 11.4. The predicted molar refractivity (Wildman–Crippen MR) is 69.3 cm³/mol. The van der Waals surface area contributed by atoms with Gasteiger partial charge in [0, 0.05) is 32.4 Å². The number of nitrogens with one attached hydrogen (secondary N) is 1. The molecule has 3 nitrogen and oxygen atoms in total. The van der Waals surface area contributed by atoms with Crippen molar-refractivity contribution in [2.24, 2.45) is 0 Å². The summed E-state index contributed by atoms with van der Waals surface area (Å²) in [5, 5.41) is 3.36. The van der Waals surface area contributed by atoms with Crippen LogP contribution in [0, 0.1) is 0 Å². The van der Waals surface area contributed by atoms with Crippen molar-refractivity contribution in [2.45, 2.75) is 6.04 Å². The fraction of sp³-hybridized carbons (Fsp3) is 0.417. The lowest BCUT2D eigenvalue weighted by Gasteiger charge is -2.33. The molecule has 1 aromatic rings. The van der Waals surface area contributed by atoms with Crippen molar-refractivity contribution in [1.82, 2.24) is 15.2 Å². The molecule has 1 saturated heterocycles. The molecular formula is C12H16BrN3. The number of hydrogen-bond acceptors (Lipinski definition) is 3. The molecule has 0 aromatic carbocycles. The third kappa shape index (κ3) is 2.70. The van der Waals surface area contributed by atoms with Gasteiger partial charge in [-0.3, -0.25) is 4.90 Å². The molecule has 0 bridgehead atoms. The van der Waals surface area contributed by atoms with Gasteiger partial charge in [0.05, 0.1) is 6.04 Å². The highest BCUT2D eigenvalue weighted by molar-refractivity contribution is 9.10. The Labute approximate surface area is 105 Å². The molecule has 0 aliphatic carbocycles. The van der Waals surface area contributed by atoms with Gasteiger partial charge in [-0.1, -0.05) is 12.1 Å². The molecule has 0 unspecified atom stereocenters. The van der Waals surface area contributed by atoms with E-state index < -0.39 is 0 Å². The Hall–Kier alpha value is -0.710. The Morgan fingerprint density at radius 1 is 1.44 bits per heavy atom. The van der Waals surface area contributed by atoms with Crippen LogP contribution in [0.1, 0.15) is 11.6 Å². The van der Waals surface area contributed by atoms with Gasteiger partial charge in [0.15, 0.2) is 0 Å². The van der Waals surface area contributed by atoms with E-state index in [0.717, 1.165) is 30.8 Å². The number of piperazine rings is 1. The molecule has 2 heterocycles. The first kappa shape index (κ1) is 11.8. The van der Waals surface area contributed by atoms with Crippen LogP contribution in [0.4, 0.5) is 0 Å². The fourth-order valence-corrected chi connectivity index (χ4v) is 2.25. The minimum atomic E-state index is 0.280. The standard InChI is InChI=1S/C12H16BrN3/c1-2-11(16-7-5-14-6-8-16)10-3-4-12(13)15-9-10/h2-4,9,11,14H,1,5-8H2/t11-/m0/s1. The van der Waals surface area contributed by atoms with E-state index in [4.69, 9.17) is 0 Å². The Kier molecular flexibility index (Phi) is 4.09. The second-order valence-corrected chi connectivity index (χ2v) is 4.69. The summed E-state index contributed by atoms with van der Waals surface area (Å²) in [7, 11) is 0. The van der Waals surface area contributed by atoms with E-state index in [0.29, 0.717) is 0 Å². The van der Waals surface area contributed by atoms with Gasteiger partial charge in [0.1, 0.15) is 4.60 Å². The summed E-state index contributed by atoms with van der Waals surface area (Å²) in [4.78, 5) is 6.69. The molecule has 1 aliphatic heterocycles. The van der Waals surface area contributed by atoms with Crippen LogP contribution >= 0.6 is 15.9 Å². The van der Waals surface area contributed by atoms with E-state index in [2.05, 4.69) is 43.8 Å². The average Bonchev–Trinajstić information content (AvgIpc) is 2.34. The van der Waals surface area contributed by atoms with E-state index in [1.165, 1.54) is 5.56 Å². The predicted octanol–water partition coefficient (Wildman–Crippen LogP) is 1.98. The Bertz CT molecular complexity index is 344. The first-order valence-corrected chi connectivity index (χ1v) is 6.29. The molecule has 86 valence electrons. The summed E-state index contributed by atoms with van der Waals surface area (Å²) >= 11 is 3.35. The number of hydrogen-bond donors (Lipinski definition) is 1. The van der Waals surface area contributed by atoms with Crippen LogP contribution in [-0.4, -0.2) is 36.1 Å². The molecule has 1 aromatic heterocycles. The van der Waals surface area contributed by atoms with E-state index in [1.54, 1.807) is 0 Å². The highest BCUT2D eigenvalue weighted by atomic mass is 79.9. The Morgan fingerprint density at radius 3 is 2.75 bits per heavy atom. The van der Waals surface area contributed by atoms with Crippen molar-refractivity contribution in [3.05, 3.63) is 41.2 Å². The lowest BCUT2D eigenvalue weighted by Crippen LogP contribution is -2.44. The number of halogens is 1. The first-order valence-electron chi connectivity index (χ1n) is 5.50. The second kappa shape index (κ2) is 5.57. The monoisotopic (exact) mass is 281 g/mol. The number of aromatic nitrogens is 1.